The Morgan fingerprint density at radius 3 is 2.80 bits per heavy atom. The number of halogens is 1. The molecule has 6 nitrogen and oxygen atoms in total. The van der Waals surface area contributed by atoms with Crippen LogP contribution in [-0.4, -0.2) is 38.7 Å². The SMILES string of the molecule is COCCCNC(=O)COC(=O)c1ccc(Cl)c(N)c1. The summed E-state index contributed by atoms with van der Waals surface area (Å²) < 4.78 is 9.70. The van der Waals surface area contributed by atoms with Crippen LogP contribution in [0.4, 0.5) is 5.69 Å². The number of carbonyl (C=O) groups excluding carboxylic acids is 2. The number of methoxy groups -OCH3 is 1. The molecule has 1 aromatic rings. The highest BCUT2D eigenvalue weighted by atomic mass is 35.5. The van der Waals surface area contributed by atoms with Crippen LogP contribution in [0.3, 0.4) is 0 Å². The maximum atomic E-state index is 11.7. The molecule has 1 amide bonds. The monoisotopic (exact) mass is 300 g/mol. The lowest BCUT2D eigenvalue weighted by atomic mass is 10.2. The Hall–Kier alpha value is -1.79. The van der Waals surface area contributed by atoms with Crippen molar-refractivity contribution >= 4 is 29.2 Å². The van der Waals surface area contributed by atoms with Crippen molar-refractivity contribution in [2.24, 2.45) is 0 Å². The molecular formula is C13H17ClN2O4. The number of amides is 1. The first-order valence-electron chi connectivity index (χ1n) is 6.02. The van der Waals surface area contributed by atoms with Gasteiger partial charge in [0.25, 0.3) is 5.91 Å². The molecule has 1 rings (SSSR count). The second kappa shape index (κ2) is 8.39. The van der Waals surface area contributed by atoms with Crippen molar-refractivity contribution in [1.82, 2.24) is 5.32 Å². The van der Waals surface area contributed by atoms with Gasteiger partial charge < -0.3 is 20.5 Å². The topological polar surface area (TPSA) is 90.6 Å². The molecule has 0 heterocycles. The number of hydrogen-bond donors (Lipinski definition) is 2. The maximum Gasteiger partial charge on any atom is 0.338 e. The summed E-state index contributed by atoms with van der Waals surface area (Å²) in [7, 11) is 1.58. The summed E-state index contributed by atoms with van der Waals surface area (Å²) >= 11 is 5.74. The van der Waals surface area contributed by atoms with Crippen molar-refractivity contribution < 1.29 is 19.1 Å². The van der Waals surface area contributed by atoms with Crippen LogP contribution in [0, 0.1) is 0 Å². The molecule has 0 bridgehead atoms. The van der Waals surface area contributed by atoms with E-state index in [0.717, 1.165) is 0 Å². The maximum absolute atomic E-state index is 11.7. The first-order chi connectivity index (χ1) is 9.54. The predicted octanol–water partition coefficient (Wildman–Crippen LogP) is 1.23. The van der Waals surface area contributed by atoms with Crippen molar-refractivity contribution in [2.75, 3.05) is 32.6 Å². The molecule has 1 aromatic carbocycles. The largest absolute Gasteiger partial charge is 0.452 e. The van der Waals surface area contributed by atoms with E-state index >= 15 is 0 Å². The van der Waals surface area contributed by atoms with Crippen molar-refractivity contribution in [3.63, 3.8) is 0 Å². The number of esters is 1. The van der Waals surface area contributed by atoms with Crippen molar-refractivity contribution in [2.45, 2.75) is 6.42 Å². The predicted molar refractivity (Wildman–Crippen MR) is 75.6 cm³/mol. The molecule has 7 heteroatoms. The van der Waals surface area contributed by atoms with Gasteiger partial charge >= 0.3 is 5.97 Å². The van der Waals surface area contributed by atoms with Crippen molar-refractivity contribution in [3.05, 3.63) is 28.8 Å². The first kappa shape index (κ1) is 16.3. The van der Waals surface area contributed by atoms with Crippen molar-refractivity contribution in [1.29, 1.82) is 0 Å². The Labute approximate surface area is 122 Å². The van der Waals surface area contributed by atoms with Crippen LogP contribution in [-0.2, 0) is 14.3 Å². The minimum Gasteiger partial charge on any atom is -0.452 e. The highest BCUT2D eigenvalue weighted by Crippen LogP contribution is 2.19. The number of nitrogen functional groups attached to an aromatic ring is 1. The Morgan fingerprint density at radius 2 is 2.15 bits per heavy atom. The fourth-order valence-electron chi connectivity index (χ4n) is 1.38. The Balaban J connectivity index is 2.35. The number of hydrogen-bond acceptors (Lipinski definition) is 5. The van der Waals surface area contributed by atoms with Gasteiger partial charge in [0.15, 0.2) is 6.61 Å². The molecule has 0 aliphatic heterocycles. The summed E-state index contributed by atoms with van der Waals surface area (Å²) in [6.07, 6.45) is 0.698. The quantitative estimate of drug-likeness (QED) is 0.449. The second-order valence-electron chi connectivity index (χ2n) is 4.01. The van der Waals surface area contributed by atoms with E-state index in [1.54, 1.807) is 7.11 Å². The van der Waals surface area contributed by atoms with Crippen LogP contribution in [0.1, 0.15) is 16.8 Å². The van der Waals surface area contributed by atoms with Crippen LogP contribution in [0.5, 0.6) is 0 Å². The summed E-state index contributed by atoms with van der Waals surface area (Å²) in [6, 6.07) is 4.39. The Kier molecular flexibility index (Phi) is 6.83. The zero-order valence-corrected chi connectivity index (χ0v) is 11.9. The van der Waals surface area contributed by atoms with Gasteiger partial charge in [-0.2, -0.15) is 0 Å². The summed E-state index contributed by atoms with van der Waals surface area (Å²) in [5.74, 6) is -0.989. The smallest absolute Gasteiger partial charge is 0.338 e. The molecule has 0 saturated heterocycles. The van der Waals surface area contributed by atoms with E-state index in [2.05, 4.69) is 5.32 Å². The van der Waals surface area contributed by atoms with Crippen LogP contribution >= 0.6 is 11.6 Å². The van der Waals surface area contributed by atoms with Crippen molar-refractivity contribution in [3.8, 4) is 0 Å². The highest BCUT2D eigenvalue weighted by Gasteiger charge is 2.11. The molecule has 0 aliphatic rings. The number of rotatable bonds is 7. The van der Waals surface area contributed by atoms with E-state index in [1.165, 1.54) is 18.2 Å². The van der Waals surface area contributed by atoms with Crippen LogP contribution < -0.4 is 11.1 Å². The lowest BCUT2D eigenvalue weighted by Crippen LogP contribution is -2.30. The van der Waals surface area contributed by atoms with Crippen LogP contribution in [0.25, 0.3) is 0 Å². The van der Waals surface area contributed by atoms with E-state index in [4.69, 9.17) is 26.8 Å². The van der Waals surface area contributed by atoms with Gasteiger partial charge in [-0.05, 0) is 24.6 Å². The fraction of sp³-hybridized carbons (Fsp3) is 0.385. The van der Waals surface area contributed by atoms with Gasteiger partial charge in [-0.1, -0.05) is 11.6 Å². The van der Waals surface area contributed by atoms with E-state index in [0.29, 0.717) is 24.6 Å². The minimum absolute atomic E-state index is 0.249. The van der Waals surface area contributed by atoms with Crippen LogP contribution in [0.15, 0.2) is 18.2 Å². The molecule has 0 aromatic heterocycles. The number of nitrogens with two attached hydrogens (primary N) is 1. The molecule has 0 spiro atoms. The van der Waals surface area contributed by atoms with Gasteiger partial charge in [0.05, 0.1) is 16.3 Å². The Morgan fingerprint density at radius 1 is 1.40 bits per heavy atom. The highest BCUT2D eigenvalue weighted by molar-refractivity contribution is 6.33. The van der Waals surface area contributed by atoms with Gasteiger partial charge in [-0.15, -0.1) is 0 Å². The molecule has 20 heavy (non-hydrogen) atoms. The van der Waals surface area contributed by atoms with E-state index < -0.39 is 5.97 Å². The van der Waals surface area contributed by atoms with E-state index in [1.807, 2.05) is 0 Å². The molecule has 0 saturated carbocycles. The average Bonchev–Trinajstić information content (AvgIpc) is 2.44. The van der Waals surface area contributed by atoms with Gasteiger partial charge in [-0.3, -0.25) is 4.79 Å². The molecule has 0 radical (unpaired) electrons. The summed E-state index contributed by atoms with van der Waals surface area (Å²) in [6.45, 7) is 0.691. The van der Waals surface area contributed by atoms with Gasteiger partial charge in [0.1, 0.15) is 0 Å². The summed E-state index contributed by atoms with van der Waals surface area (Å²) in [5.41, 5.74) is 6.11. The molecule has 0 fully saturated rings. The number of nitrogens with one attached hydrogen (secondary N) is 1. The zero-order chi connectivity index (χ0) is 15.0. The summed E-state index contributed by atoms with van der Waals surface area (Å²) in [4.78, 5) is 23.1. The molecule has 0 unspecified atom stereocenters. The Bertz CT molecular complexity index is 479. The lowest BCUT2D eigenvalue weighted by Gasteiger charge is -2.07. The third kappa shape index (κ3) is 5.46. The third-order valence-corrected chi connectivity index (χ3v) is 2.76. The second-order valence-corrected chi connectivity index (χ2v) is 4.42. The minimum atomic E-state index is -0.625. The number of ether oxygens (including phenoxy) is 2. The van der Waals surface area contributed by atoms with Gasteiger partial charge in [-0.25, -0.2) is 4.79 Å². The number of carbonyl (C=O) groups is 2. The average molecular weight is 301 g/mol. The standard InChI is InChI=1S/C13H17ClN2O4/c1-19-6-2-5-16-12(17)8-20-13(18)9-3-4-10(14)11(15)7-9/h3-4,7H,2,5-6,8,15H2,1H3,(H,16,17). The summed E-state index contributed by atoms with van der Waals surface area (Å²) in [5, 5.41) is 2.96. The molecular weight excluding hydrogens is 284 g/mol. The van der Waals surface area contributed by atoms with E-state index in [-0.39, 0.29) is 23.8 Å². The molecule has 110 valence electrons. The fourth-order valence-corrected chi connectivity index (χ4v) is 1.50. The van der Waals surface area contributed by atoms with Crippen LogP contribution in [0.2, 0.25) is 5.02 Å². The number of anilines is 1. The lowest BCUT2D eigenvalue weighted by molar-refractivity contribution is -0.124. The normalized spacial score (nSPS) is 10.1. The molecule has 3 N–H and O–H groups in total. The third-order valence-electron chi connectivity index (χ3n) is 2.41. The molecule has 0 aliphatic carbocycles. The zero-order valence-electron chi connectivity index (χ0n) is 11.1. The first-order valence-corrected chi connectivity index (χ1v) is 6.40. The van der Waals surface area contributed by atoms with E-state index in [9.17, 15) is 9.59 Å². The molecule has 0 atom stereocenters. The van der Waals surface area contributed by atoms with Gasteiger partial charge in [0, 0.05) is 20.3 Å². The van der Waals surface area contributed by atoms with Gasteiger partial charge in [0.2, 0.25) is 0 Å². The number of benzene rings is 1.